The van der Waals surface area contributed by atoms with Crippen LogP contribution in [0.4, 0.5) is 4.39 Å². The van der Waals surface area contributed by atoms with Gasteiger partial charge in [0.25, 0.3) is 5.56 Å². The number of Topliss-reactive ketones (excluding diaryl/α,β-unsaturated/α-hetero) is 1. The van der Waals surface area contributed by atoms with E-state index in [1.54, 1.807) is 7.05 Å². The van der Waals surface area contributed by atoms with E-state index in [2.05, 4.69) is 4.98 Å². The quantitative estimate of drug-likeness (QED) is 0.214. The number of ketones is 1. The summed E-state index contributed by atoms with van der Waals surface area (Å²) in [7, 11) is 3.05. The maximum Gasteiger partial charge on any atom is 0.261 e. The van der Waals surface area contributed by atoms with Crippen LogP contribution in [-0.4, -0.2) is 28.2 Å². The zero-order valence-electron chi connectivity index (χ0n) is 15.8. The van der Waals surface area contributed by atoms with E-state index in [1.165, 1.54) is 23.8 Å². The van der Waals surface area contributed by atoms with Gasteiger partial charge in [0, 0.05) is 7.05 Å². The fourth-order valence-corrected chi connectivity index (χ4v) is 4.03. The van der Waals surface area contributed by atoms with Gasteiger partial charge in [-0.25, -0.2) is 9.37 Å². The van der Waals surface area contributed by atoms with Gasteiger partial charge in [0.15, 0.2) is 10.9 Å². The summed E-state index contributed by atoms with van der Waals surface area (Å²) in [6.07, 6.45) is 0. The average Bonchev–Trinajstić information content (AvgIpc) is 2.74. The summed E-state index contributed by atoms with van der Waals surface area (Å²) in [6, 6.07) is 15.3. The average molecular weight is 408 g/mol. The molecule has 0 saturated heterocycles. The Balaban J connectivity index is 1.68. The Morgan fingerprint density at radius 2 is 1.86 bits per heavy atom. The van der Waals surface area contributed by atoms with Crippen molar-refractivity contribution < 1.29 is 13.9 Å². The van der Waals surface area contributed by atoms with Crippen LogP contribution in [0.3, 0.4) is 0 Å². The van der Waals surface area contributed by atoms with E-state index in [0.29, 0.717) is 21.8 Å². The maximum atomic E-state index is 13.6. The van der Waals surface area contributed by atoms with Crippen LogP contribution in [0.15, 0.2) is 64.5 Å². The molecule has 0 bridgehead atoms. The van der Waals surface area contributed by atoms with Gasteiger partial charge in [0.2, 0.25) is 0 Å². The molecule has 4 rings (SSSR count). The van der Waals surface area contributed by atoms with Gasteiger partial charge < -0.3 is 4.74 Å². The van der Waals surface area contributed by atoms with E-state index in [1.807, 2.05) is 36.4 Å². The summed E-state index contributed by atoms with van der Waals surface area (Å²) >= 11 is 1.13. The number of carbonyl (C=O) groups is 1. The van der Waals surface area contributed by atoms with Gasteiger partial charge in [-0.2, -0.15) is 0 Å². The van der Waals surface area contributed by atoms with Crippen LogP contribution >= 0.6 is 11.8 Å². The molecule has 0 unspecified atom stereocenters. The van der Waals surface area contributed by atoms with Crippen molar-refractivity contribution >= 4 is 39.2 Å². The number of aromatic nitrogens is 2. The molecule has 0 spiro atoms. The Bertz CT molecular complexity index is 1320. The number of methoxy groups -OCH3 is 1. The Morgan fingerprint density at radius 1 is 1.14 bits per heavy atom. The van der Waals surface area contributed by atoms with Crippen LogP contribution < -0.4 is 10.3 Å². The molecular weight excluding hydrogens is 391 g/mol. The minimum absolute atomic E-state index is 0.000812. The van der Waals surface area contributed by atoms with Crippen molar-refractivity contribution in [3.8, 4) is 5.75 Å². The lowest BCUT2D eigenvalue weighted by atomic mass is 10.1. The van der Waals surface area contributed by atoms with Crippen LogP contribution in [0.2, 0.25) is 0 Å². The van der Waals surface area contributed by atoms with Gasteiger partial charge >= 0.3 is 0 Å². The van der Waals surface area contributed by atoms with E-state index in [9.17, 15) is 14.0 Å². The van der Waals surface area contributed by atoms with Gasteiger partial charge in [-0.3, -0.25) is 14.2 Å². The van der Waals surface area contributed by atoms with E-state index < -0.39 is 5.82 Å². The van der Waals surface area contributed by atoms with Crippen LogP contribution in [0, 0.1) is 5.82 Å². The number of fused-ring (bicyclic) bond motifs is 2. The first-order chi connectivity index (χ1) is 14.0. The van der Waals surface area contributed by atoms with E-state index in [4.69, 9.17) is 4.74 Å². The molecule has 5 nitrogen and oxygen atoms in total. The highest BCUT2D eigenvalue weighted by atomic mass is 32.2. The molecule has 0 N–H and O–H groups in total. The zero-order valence-corrected chi connectivity index (χ0v) is 16.6. The van der Waals surface area contributed by atoms with Gasteiger partial charge in [-0.15, -0.1) is 0 Å². The second-order valence-corrected chi connectivity index (χ2v) is 7.47. The molecule has 0 aliphatic carbocycles. The predicted octanol–water partition coefficient (Wildman–Crippen LogP) is 4.21. The van der Waals surface area contributed by atoms with Crippen molar-refractivity contribution in [3.05, 3.63) is 76.3 Å². The SMILES string of the molecule is COc1ccc(F)cc1C(=O)CSc1nc2cc3ccccc3cc2c(=O)n1C. The number of nitrogens with zero attached hydrogens (tertiary/aromatic N) is 2. The van der Waals surface area contributed by atoms with Crippen molar-refractivity contribution in [2.45, 2.75) is 5.16 Å². The molecule has 29 heavy (non-hydrogen) atoms. The number of ether oxygens (including phenoxy) is 1. The lowest BCUT2D eigenvalue weighted by Crippen LogP contribution is -2.20. The molecule has 3 aromatic carbocycles. The Labute approximate surface area is 170 Å². The third-order valence-electron chi connectivity index (χ3n) is 4.70. The lowest BCUT2D eigenvalue weighted by Gasteiger charge is -2.10. The number of thioether (sulfide) groups is 1. The number of carbonyl (C=O) groups excluding carboxylic acids is 1. The molecule has 0 aliphatic rings. The molecule has 7 heteroatoms. The van der Waals surface area contributed by atoms with Gasteiger partial charge in [0.1, 0.15) is 11.6 Å². The molecule has 0 amide bonds. The predicted molar refractivity (Wildman–Crippen MR) is 112 cm³/mol. The fourth-order valence-electron chi connectivity index (χ4n) is 3.17. The highest BCUT2D eigenvalue weighted by molar-refractivity contribution is 7.99. The van der Waals surface area contributed by atoms with Crippen LogP contribution in [0.5, 0.6) is 5.75 Å². The van der Waals surface area contributed by atoms with Gasteiger partial charge in [-0.05, 0) is 41.1 Å². The van der Waals surface area contributed by atoms with Crippen molar-refractivity contribution in [1.29, 1.82) is 0 Å². The van der Waals surface area contributed by atoms with Crippen molar-refractivity contribution in [2.75, 3.05) is 12.9 Å². The lowest BCUT2D eigenvalue weighted by molar-refractivity contribution is 0.101. The number of hydrogen-bond donors (Lipinski definition) is 0. The van der Waals surface area contributed by atoms with Crippen LogP contribution in [0.1, 0.15) is 10.4 Å². The summed E-state index contributed by atoms with van der Waals surface area (Å²) < 4.78 is 20.1. The van der Waals surface area contributed by atoms with Crippen molar-refractivity contribution in [3.63, 3.8) is 0 Å². The summed E-state index contributed by atoms with van der Waals surface area (Å²) in [5.74, 6) is -0.510. The molecule has 0 saturated carbocycles. The minimum Gasteiger partial charge on any atom is -0.496 e. The summed E-state index contributed by atoms with van der Waals surface area (Å²) in [6.45, 7) is 0. The Hall–Kier alpha value is -3.19. The van der Waals surface area contributed by atoms with Gasteiger partial charge in [0.05, 0.1) is 29.3 Å². The summed E-state index contributed by atoms with van der Waals surface area (Å²) in [5.41, 5.74) is 0.556. The molecule has 1 aromatic heterocycles. The first-order valence-electron chi connectivity index (χ1n) is 8.87. The third-order valence-corrected chi connectivity index (χ3v) is 5.73. The zero-order chi connectivity index (χ0) is 20.5. The molecule has 4 aromatic rings. The number of benzene rings is 3. The normalized spacial score (nSPS) is 11.1. The highest BCUT2D eigenvalue weighted by Crippen LogP contribution is 2.25. The summed E-state index contributed by atoms with van der Waals surface area (Å²) in [5, 5.41) is 2.89. The van der Waals surface area contributed by atoms with E-state index >= 15 is 0 Å². The maximum absolute atomic E-state index is 13.6. The number of halogens is 1. The Kier molecular flexibility index (Phi) is 5.07. The highest BCUT2D eigenvalue weighted by Gasteiger charge is 2.16. The number of hydrogen-bond acceptors (Lipinski definition) is 5. The summed E-state index contributed by atoms with van der Waals surface area (Å²) in [4.78, 5) is 30.0. The van der Waals surface area contributed by atoms with E-state index in [0.717, 1.165) is 28.6 Å². The monoisotopic (exact) mass is 408 g/mol. The molecular formula is C22H17FN2O3S. The molecule has 0 radical (unpaired) electrons. The molecule has 0 fully saturated rings. The molecule has 1 heterocycles. The smallest absolute Gasteiger partial charge is 0.261 e. The first kappa shape index (κ1) is 19.1. The third kappa shape index (κ3) is 3.61. The second-order valence-electron chi connectivity index (χ2n) is 6.53. The number of rotatable bonds is 5. The molecule has 146 valence electrons. The standard InChI is InChI=1S/C22H17FN2O3S/c1-25-21(27)16-9-13-5-3-4-6-14(13)10-18(16)24-22(25)29-12-19(26)17-11-15(23)7-8-20(17)28-2/h3-11H,12H2,1-2H3. The van der Waals surface area contributed by atoms with Crippen LogP contribution in [-0.2, 0) is 7.05 Å². The van der Waals surface area contributed by atoms with Gasteiger partial charge in [-0.1, -0.05) is 36.0 Å². The molecule has 0 atom stereocenters. The van der Waals surface area contributed by atoms with E-state index in [-0.39, 0.29) is 22.7 Å². The largest absolute Gasteiger partial charge is 0.496 e. The van der Waals surface area contributed by atoms with Crippen molar-refractivity contribution in [1.82, 2.24) is 9.55 Å². The fraction of sp³-hybridized carbons (Fsp3) is 0.136. The second kappa shape index (κ2) is 7.67. The van der Waals surface area contributed by atoms with Crippen LogP contribution in [0.25, 0.3) is 21.7 Å². The van der Waals surface area contributed by atoms with Crippen molar-refractivity contribution in [2.24, 2.45) is 7.05 Å². The minimum atomic E-state index is -0.512. The Morgan fingerprint density at radius 3 is 2.59 bits per heavy atom. The molecule has 0 aliphatic heterocycles. The topological polar surface area (TPSA) is 61.2 Å². The first-order valence-corrected chi connectivity index (χ1v) is 9.85.